The summed E-state index contributed by atoms with van der Waals surface area (Å²) in [5.41, 5.74) is 0. The maximum atomic E-state index is 9.89. The predicted octanol–water partition coefficient (Wildman–Crippen LogP) is 1.80. The molecule has 100 valence electrons. The Labute approximate surface area is 105 Å². The van der Waals surface area contributed by atoms with Crippen molar-refractivity contribution < 1.29 is 10.2 Å². The minimum atomic E-state index is -0.279. The highest BCUT2D eigenvalue weighted by atomic mass is 16.3. The second kappa shape index (κ2) is 7.85. The molecule has 17 heavy (non-hydrogen) atoms. The summed E-state index contributed by atoms with van der Waals surface area (Å²) in [4.78, 5) is 2.15. The highest BCUT2D eigenvalue weighted by molar-refractivity contribution is 4.78. The average molecular weight is 241 g/mol. The van der Waals surface area contributed by atoms with E-state index in [9.17, 15) is 10.2 Å². The number of nitrogens with zero attached hydrogens (tertiary/aromatic N) is 1. The maximum absolute atomic E-state index is 9.89. The van der Waals surface area contributed by atoms with Crippen LogP contribution in [0.4, 0.5) is 0 Å². The van der Waals surface area contributed by atoms with Crippen LogP contribution in [0.2, 0.25) is 0 Å². The normalized spacial score (nSPS) is 27.1. The second-order valence-electron chi connectivity index (χ2n) is 5.35. The van der Waals surface area contributed by atoms with Crippen molar-refractivity contribution >= 4 is 0 Å². The number of hydrogen-bond donors (Lipinski definition) is 2. The molecule has 0 aromatic carbocycles. The van der Waals surface area contributed by atoms with Gasteiger partial charge in [-0.2, -0.15) is 0 Å². The van der Waals surface area contributed by atoms with Crippen LogP contribution in [-0.2, 0) is 0 Å². The molecule has 1 fully saturated rings. The Balaban J connectivity index is 2.22. The number of aliphatic hydroxyl groups is 2. The van der Waals surface area contributed by atoms with Crippen molar-refractivity contribution in [1.82, 2.24) is 4.90 Å². The smallest absolute Gasteiger partial charge is 0.0670 e. The summed E-state index contributed by atoms with van der Waals surface area (Å²) in [6.45, 7) is 5.24. The van der Waals surface area contributed by atoms with Crippen molar-refractivity contribution in [3.8, 4) is 0 Å². The topological polar surface area (TPSA) is 43.7 Å². The molecule has 0 aromatic rings. The van der Waals surface area contributed by atoms with Crippen LogP contribution in [0, 0.1) is 5.92 Å². The lowest BCUT2D eigenvalue weighted by Gasteiger charge is -2.31. The summed E-state index contributed by atoms with van der Waals surface area (Å²) in [6, 6.07) is 0. The van der Waals surface area contributed by atoms with Gasteiger partial charge in [0.1, 0.15) is 0 Å². The minimum Gasteiger partial charge on any atom is -0.393 e. The van der Waals surface area contributed by atoms with E-state index in [0.29, 0.717) is 12.5 Å². The summed E-state index contributed by atoms with van der Waals surface area (Å²) < 4.78 is 0. The molecule has 1 saturated carbocycles. The average Bonchev–Trinajstić information content (AvgIpc) is 2.29. The third kappa shape index (κ3) is 5.66. The van der Waals surface area contributed by atoms with E-state index in [1.807, 2.05) is 13.1 Å². The van der Waals surface area contributed by atoms with Gasteiger partial charge in [0.05, 0.1) is 12.2 Å². The number of aliphatic hydroxyl groups excluding tert-OH is 2. The zero-order chi connectivity index (χ0) is 12.7. The van der Waals surface area contributed by atoms with Gasteiger partial charge in [0.2, 0.25) is 0 Å². The summed E-state index contributed by atoms with van der Waals surface area (Å²) in [5, 5.41) is 19.7. The van der Waals surface area contributed by atoms with Crippen LogP contribution < -0.4 is 0 Å². The zero-order valence-corrected chi connectivity index (χ0v) is 11.0. The molecule has 0 aliphatic heterocycles. The van der Waals surface area contributed by atoms with E-state index >= 15 is 0 Å². The number of allylic oxidation sites excluding steroid dienone is 1. The third-order valence-electron chi connectivity index (χ3n) is 3.64. The number of likely N-dealkylation sites (N-methyl/N-ethyl adjacent to an activating group) is 1. The van der Waals surface area contributed by atoms with Crippen molar-refractivity contribution in [2.24, 2.45) is 5.92 Å². The summed E-state index contributed by atoms with van der Waals surface area (Å²) in [7, 11) is 2.03. The first kappa shape index (κ1) is 14.7. The van der Waals surface area contributed by atoms with Gasteiger partial charge in [0.25, 0.3) is 0 Å². The minimum absolute atomic E-state index is 0.142. The Hall–Kier alpha value is -0.380. The predicted molar refractivity (Wildman–Crippen MR) is 70.9 cm³/mol. The van der Waals surface area contributed by atoms with E-state index in [1.165, 1.54) is 6.42 Å². The molecule has 0 bridgehead atoms. The summed E-state index contributed by atoms with van der Waals surface area (Å²) in [5.74, 6) is 0.389. The molecule has 3 atom stereocenters. The molecule has 3 nitrogen and oxygen atoms in total. The van der Waals surface area contributed by atoms with E-state index < -0.39 is 0 Å². The first-order valence-electron chi connectivity index (χ1n) is 6.79. The molecule has 0 saturated heterocycles. The van der Waals surface area contributed by atoms with E-state index in [2.05, 4.69) is 11.5 Å². The van der Waals surface area contributed by atoms with E-state index in [-0.39, 0.29) is 12.2 Å². The fourth-order valence-corrected chi connectivity index (χ4v) is 2.64. The van der Waals surface area contributed by atoms with Crippen molar-refractivity contribution in [2.75, 3.05) is 20.1 Å². The quantitative estimate of drug-likeness (QED) is 0.668. The summed E-state index contributed by atoms with van der Waals surface area (Å²) in [6.07, 6.45) is 7.51. The van der Waals surface area contributed by atoms with Gasteiger partial charge in [-0.3, -0.25) is 0 Å². The highest BCUT2D eigenvalue weighted by Crippen LogP contribution is 2.24. The molecule has 3 heteroatoms. The van der Waals surface area contributed by atoms with Gasteiger partial charge in [0, 0.05) is 13.1 Å². The van der Waals surface area contributed by atoms with E-state index in [4.69, 9.17) is 0 Å². The molecule has 0 amide bonds. The first-order chi connectivity index (χ1) is 8.13. The monoisotopic (exact) mass is 241 g/mol. The fraction of sp³-hybridized carbons (Fsp3) is 0.857. The first-order valence-corrected chi connectivity index (χ1v) is 6.79. The van der Waals surface area contributed by atoms with Crippen LogP contribution in [0.3, 0.4) is 0 Å². The molecular formula is C14H27NO2. The van der Waals surface area contributed by atoms with Crippen molar-refractivity contribution in [3.63, 3.8) is 0 Å². The molecule has 0 spiro atoms. The maximum Gasteiger partial charge on any atom is 0.0670 e. The summed E-state index contributed by atoms with van der Waals surface area (Å²) >= 11 is 0. The van der Waals surface area contributed by atoms with Crippen molar-refractivity contribution in [3.05, 3.63) is 12.7 Å². The third-order valence-corrected chi connectivity index (χ3v) is 3.64. The van der Waals surface area contributed by atoms with Gasteiger partial charge in [-0.1, -0.05) is 18.9 Å². The Morgan fingerprint density at radius 1 is 1.41 bits per heavy atom. The molecule has 3 unspecified atom stereocenters. The molecule has 0 heterocycles. The Morgan fingerprint density at radius 2 is 2.12 bits per heavy atom. The zero-order valence-electron chi connectivity index (χ0n) is 11.0. The molecule has 1 aliphatic rings. The van der Waals surface area contributed by atoms with Crippen LogP contribution in [-0.4, -0.2) is 47.5 Å². The van der Waals surface area contributed by atoms with Gasteiger partial charge >= 0.3 is 0 Å². The largest absolute Gasteiger partial charge is 0.393 e. The van der Waals surface area contributed by atoms with Crippen LogP contribution in [0.5, 0.6) is 0 Å². The standard InChI is InChI=1S/C14H27NO2/c1-3-4-8-13(16)11-15(2)10-12-7-5-6-9-14(12)17/h3,12-14,16-17H,1,4-11H2,2H3. The van der Waals surface area contributed by atoms with Crippen LogP contribution in [0.1, 0.15) is 38.5 Å². The fourth-order valence-electron chi connectivity index (χ4n) is 2.64. The Kier molecular flexibility index (Phi) is 6.78. The number of rotatable bonds is 7. The van der Waals surface area contributed by atoms with E-state index in [1.54, 1.807) is 0 Å². The van der Waals surface area contributed by atoms with Crippen molar-refractivity contribution in [1.29, 1.82) is 0 Å². The SMILES string of the molecule is C=CCCC(O)CN(C)CC1CCCCC1O. The van der Waals surface area contributed by atoms with Gasteiger partial charge in [-0.15, -0.1) is 6.58 Å². The molecule has 1 rings (SSSR count). The molecule has 2 N–H and O–H groups in total. The molecule has 1 aliphatic carbocycles. The highest BCUT2D eigenvalue weighted by Gasteiger charge is 2.24. The van der Waals surface area contributed by atoms with Gasteiger partial charge < -0.3 is 15.1 Å². The van der Waals surface area contributed by atoms with Gasteiger partial charge in [-0.25, -0.2) is 0 Å². The molecular weight excluding hydrogens is 214 g/mol. The van der Waals surface area contributed by atoms with Gasteiger partial charge in [-0.05, 0) is 38.6 Å². The second-order valence-corrected chi connectivity index (χ2v) is 5.35. The number of hydrogen-bond acceptors (Lipinski definition) is 3. The Morgan fingerprint density at radius 3 is 2.76 bits per heavy atom. The lowest BCUT2D eigenvalue weighted by Crippen LogP contribution is -2.38. The lowest BCUT2D eigenvalue weighted by atomic mass is 9.86. The van der Waals surface area contributed by atoms with Crippen molar-refractivity contribution in [2.45, 2.75) is 50.7 Å². The Bertz CT molecular complexity index is 220. The van der Waals surface area contributed by atoms with E-state index in [0.717, 1.165) is 38.6 Å². The van der Waals surface area contributed by atoms with Gasteiger partial charge in [0.15, 0.2) is 0 Å². The van der Waals surface area contributed by atoms with Crippen LogP contribution in [0.25, 0.3) is 0 Å². The molecule has 0 aromatic heterocycles. The van der Waals surface area contributed by atoms with Crippen LogP contribution in [0.15, 0.2) is 12.7 Å². The molecule has 0 radical (unpaired) electrons. The van der Waals surface area contributed by atoms with Crippen LogP contribution >= 0.6 is 0 Å². The lowest BCUT2D eigenvalue weighted by molar-refractivity contribution is 0.0392.